The van der Waals surface area contributed by atoms with Crippen LogP contribution in [0.3, 0.4) is 0 Å². The smallest absolute Gasteiger partial charge is 0.306 e. The first kappa shape index (κ1) is 45.4. The Morgan fingerprint density at radius 3 is 1.26 bits per heavy atom. The summed E-state index contributed by atoms with van der Waals surface area (Å²) in [6.45, 7) is 4.10. The first-order chi connectivity index (χ1) is 23.1. The van der Waals surface area contributed by atoms with Gasteiger partial charge in [0, 0.05) is 12.8 Å². The van der Waals surface area contributed by atoms with E-state index in [9.17, 15) is 14.7 Å². The molecule has 1 unspecified atom stereocenters. The molecule has 0 aromatic rings. The summed E-state index contributed by atoms with van der Waals surface area (Å²) in [6.07, 6.45) is 45.5. The average Bonchev–Trinajstić information content (AvgIpc) is 3.07. The Bertz CT molecular complexity index is 716. The van der Waals surface area contributed by atoms with Crippen molar-refractivity contribution >= 4 is 11.9 Å². The third kappa shape index (κ3) is 37.1. The Labute approximate surface area is 292 Å². The second kappa shape index (κ2) is 38.8. The zero-order chi connectivity index (χ0) is 34.3. The molecule has 0 aliphatic rings. The van der Waals surface area contributed by atoms with E-state index < -0.39 is 6.10 Å². The summed E-state index contributed by atoms with van der Waals surface area (Å²) in [5.41, 5.74) is 0. The predicted octanol–water partition coefficient (Wildman–Crippen LogP) is 12.7. The standard InChI is InChI=1S/C42H78O5/c1-3-5-7-9-11-13-14-15-16-17-18-19-20-21-22-23-24-25-26-27-28-29-31-33-35-37-42(45)47-40(38-43)39-46-41(44)36-34-32-30-12-10-8-6-4-2/h14-15,17-18,40,43H,3-13,16,19-39H2,1-2H3/b15-14-,18-17-. The van der Waals surface area contributed by atoms with Crippen LogP contribution in [0.15, 0.2) is 24.3 Å². The minimum Gasteiger partial charge on any atom is -0.462 e. The molecule has 0 heterocycles. The molecule has 0 saturated heterocycles. The third-order valence-electron chi connectivity index (χ3n) is 9.00. The van der Waals surface area contributed by atoms with Gasteiger partial charge >= 0.3 is 11.9 Å². The molecule has 0 aromatic heterocycles. The third-order valence-corrected chi connectivity index (χ3v) is 9.00. The van der Waals surface area contributed by atoms with Crippen molar-refractivity contribution < 1.29 is 24.2 Å². The van der Waals surface area contributed by atoms with Crippen LogP contribution in [-0.4, -0.2) is 36.4 Å². The molecule has 0 saturated carbocycles. The molecular formula is C42H78O5. The highest BCUT2D eigenvalue weighted by Crippen LogP contribution is 2.15. The Morgan fingerprint density at radius 2 is 0.851 bits per heavy atom. The second-order valence-electron chi connectivity index (χ2n) is 13.7. The Hall–Kier alpha value is -1.62. The molecule has 0 bridgehead atoms. The summed E-state index contributed by atoms with van der Waals surface area (Å²) in [6, 6.07) is 0. The monoisotopic (exact) mass is 663 g/mol. The van der Waals surface area contributed by atoms with E-state index >= 15 is 0 Å². The van der Waals surface area contributed by atoms with Crippen molar-refractivity contribution in [3.8, 4) is 0 Å². The van der Waals surface area contributed by atoms with Crippen LogP contribution in [0.25, 0.3) is 0 Å². The highest BCUT2D eigenvalue weighted by Gasteiger charge is 2.16. The lowest BCUT2D eigenvalue weighted by Crippen LogP contribution is -2.28. The van der Waals surface area contributed by atoms with Crippen molar-refractivity contribution in [1.29, 1.82) is 0 Å². The number of carbonyl (C=O) groups is 2. The van der Waals surface area contributed by atoms with Crippen LogP contribution in [0, 0.1) is 0 Å². The number of rotatable bonds is 37. The molecule has 5 heteroatoms. The Morgan fingerprint density at radius 1 is 0.489 bits per heavy atom. The van der Waals surface area contributed by atoms with E-state index in [2.05, 4.69) is 38.2 Å². The maximum atomic E-state index is 12.1. The van der Waals surface area contributed by atoms with Gasteiger partial charge in [0.25, 0.3) is 0 Å². The quantitative estimate of drug-likeness (QED) is 0.0407. The maximum absolute atomic E-state index is 12.1. The van der Waals surface area contributed by atoms with Crippen molar-refractivity contribution in [2.45, 2.75) is 219 Å². The molecule has 0 aliphatic heterocycles. The van der Waals surface area contributed by atoms with Crippen LogP contribution in [0.4, 0.5) is 0 Å². The van der Waals surface area contributed by atoms with E-state index in [0.29, 0.717) is 12.8 Å². The summed E-state index contributed by atoms with van der Waals surface area (Å²) < 4.78 is 10.6. The molecule has 0 amide bonds. The van der Waals surface area contributed by atoms with Gasteiger partial charge in [-0.2, -0.15) is 0 Å². The molecule has 0 aliphatic carbocycles. The van der Waals surface area contributed by atoms with Crippen molar-refractivity contribution in [2.75, 3.05) is 13.2 Å². The van der Waals surface area contributed by atoms with Gasteiger partial charge in [-0.05, 0) is 44.9 Å². The van der Waals surface area contributed by atoms with Gasteiger partial charge in [-0.15, -0.1) is 0 Å². The topological polar surface area (TPSA) is 72.8 Å². The van der Waals surface area contributed by atoms with Crippen LogP contribution in [0.5, 0.6) is 0 Å². The molecule has 0 radical (unpaired) electrons. The fourth-order valence-electron chi connectivity index (χ4n) is 5.88. The van der Waals surface area contributed by atoms with E-state index in [0.717, 1.165) is 44.9 Å². The van der Waals surface area contributed by atoms with Crippen LogP contribution in [0.1, 0.15) is 213 Å². The number of allylic oxidation sites excluding steroid dienone is 4. The molecule has 0 aromatic carbocycles. The molecule has 47 heavy (non-hydrogen) atoms. The van der Waals surface area contributed by atoms with Gasteiger partial charge in [-0.1, -0.05) is 179 Å². The number of unbranched alkanes of at least 4 members (excludes halogenated alkanes) is 25. The Balaban J connectivity index is 3.46. The molecule has 0 spiro atoms. The van der Waals surface area contributed by atoms with E-state index in [1.54, 1.807) is 0 Å². The minimum absolute atomic E-state index is 0.0622. The van der Waals surface area contributed by atoms with Crippen molar-refractivity contribution in [3.05, 3.63) is 24.3 Å². The second-order valence-corrected chi connectivity index (χ2v) is 13.7. The molecule has 276 valence electrons. The molecule has 1 atom stereocenters. The van der Waals surface area contributed by atoms with Gasteiger partial charge in [0.1, 0.15) is 6.61 Å². The number of ether oxygens (including phenoxy) is 2. The van der Waals surface area contributed by atoms with E-state index in [1.165, 1.54) is 141 Å². The average molecular weight is 663 g/mol. The van der Waals surface area contributed by atoms with Gasteiger partial charge < -0.3 is 14.6 Å². The molecule has 5 nitrogen and oxygen atoms in total. The van der Waals surface area contributed by atoms with Gasteiger partial charge in [0.2, 0.25) is 0 Å². The normalized spacial score (nSPS) is 12.3. The SMILES string of the molecule is CCCCCCC/C=C\C/C=C\CCCCCCCCCCCCCCCC(=O)OC(CO)COC(=O)CCCCCCCCCC. The first-order valence-electron chi connectivity index (χ1n) is 20.4. The van der Waals surface area contributed by atoms with Crippen molar-refractivity contribution in [3.63, 3.8) is 0 Å². The maximum Gasteiger partial charge on any atom is 0.306 e. The largest absolute Gasteiger partial charge is 0.462 e. The van der Waals surface area contributed by atoms with Crippen LogP contribution in [0.2, 0.25) is 0 Å². The van der Waals surface area contributed by atoms with Crippen LogP contribution >= 0.6 is 0 Å². The predicted molar refractivity (Wildman–Crippen MR) is 201 cm³/mol. The highest BCUT2D eigenvalue weighted by molar-refractivity contribution is 5.70. The lowest BCUT2D eigenvalue weighted by Gasteiger charge is -2.15. The van der Waals surface area contributed by atoms with Gasteiger partial charge in [0.15, 0.2) is 6.10 Å². The molecular weight excluding hydrogens is 584 g/mol. The van der Waals surface area contributed by atoms with Gasteiger partial charge in [-0.3, -0.25) is 9.59 Å². The zero-order valence-electron chi connectivity index (χ0n) is 31.3. The van der Waals surface area contributed by atoms with Gasteiger partial charge in [-0.25, -0.2) is 0 Å². The fourth-order valence-corrected chi connectivity index (χ4v) is 5.88. The van der Waals surface area contributed by atoms with E-state index in [-0.39, 0.29) is 25.2 Å². The Kier molecular flexibility index (Phi) is 37.5. The van der Waals surface area contributed by atoms with Gasteiger partial charge in [0.05, 0.1) is 6.61 Å². The zero-order valence-corrected chi connectivity index (χ0v) is 31.3. The number of esters is 2. The summed E-state index contributed by atoms with van der Waals surface area (Å²) in [7, 11) is 0. The van der Waals surface area contributed by atoms with E-state index in [4.69, 9.17) is 9.47 Å². The first-order valence-corrected chi connectivity index (χ1v) is 20.4. The number of carbonyl (C=O) groups excluding carboxylic acids is 2. The number of aliphatic hydroxyl groups excluding tert-OH is 1. The number of hydrogen-bond acceptors (Lipinski definition) is 5. The summed E-state index contributed by atoms with van der Waals surface area (Å²) in [5.74, 6) is -0.590. The fraction of sp³-hybridized carbons (Fsp3) is 0.857. The summed E-state index contributed by atoms with van der Waals surface area (Å²) >= 11 is 0. The lowest BCUT2D eigenvalue weighted by atomic mass is 10.0. The summed E-state index contributed by atoms with van der Waals surface area (Å²) in [4.78, 5) is 24.1. The number of aliphatic hydroxyl groups is 1. The molecule has 0 fully saturated rings. The van der Waals surface area contributed by atoms with Crippen LogP contribution in [-0.2, 0) is 19.1 Å². The summed E-state index contributed by atoms with van der Waals surface area (Å²) in [5, 5.41) is 9.52. The molecule has 1 N–H and O–H groups in total. The van der Waals surface area contributed by atoms with Crippen molar-refractivity contribution in [2.24, 2.45) is 0 Å². The van der Waals surface area contributed by atoms with E-state index in [1.807, 2.05) is 0 Å². The number of hydrogen-bond donors (Lipinski definition) is 1. The van der Waals surface area contributed by atoms with Crippen molar-refractivity contribution in [1.82, 2.24) is 0 Å². The lowest BCUT2D eigenvalue weighted by molar-refractivity contribution is -0.161. The van der Waals surface area contributed by atoms with Crippen LogP contribution < -0.4 is 0 Å². The highest BCUT2D eigenvalue weighted by atomic mass is 16.6. The molecule has 0 rings (SSSR count). The minimum atomic E-state index is -0.765.